The molecule has 0 bridgehead atoms. The highest BCUT2D eigenvalue weighted by atomic mass is 16.3. The molecule has 17 heavy (non-hydrogen) atoms. The monoisotopic (exact) mass is 239 g/mol. The molecule has 0 aromatic heterocycles. The number of likely N-dealkylation sites (tertiary alicyclic amines) is 1. The number of hydrogen-bond donors (Lipinski definition) is 1. The summed E-state index contributed by atoms with van der Waals surface area (Å²) in [7, 11) is 0. The van der Waals surface area contributed by atoms with E-state index in [1.54, 1.807) is 0 Å². The third-order valence-corrected chi connectivity index (χ3v) is 4.73. The maximum atomic E-state index is 12.1. The fourth-order valence-corrected chi connectivity index (χ4v) is 2.52. The van der Waals surface area contributed by atoms with Gasteiger partial charge in [0, 0.05) is 24.9 Å². The van der Waals surface area contributed by atoms with E-state index >= 15 is 0 Å². The average molecular weight is 239 g/mol. The van der Waals surface area contributed by atoms with Crippen LogP contribution in [0, 0.1) is 11.3 Å². The van der Waals surface area contributed by atoms with Crippen LogP contribution in [-0.2, 0) is 4.79 Å². The molecular formula is C14H25NO2. The van der Waals surface area contributed by atoms with Crippen LogP contribution in [-0.4, -0.2) is 34.6 Å². The molecule has 0 unspecified atom stereocenters. The van der Waals surface area contributed by atoms with Crippen LogP contribution < -0.4 is 0 Å². The molecule has 1 saturated carbocycles. The van der Waals surface area contributed by atoms with Gasteiger partial charge in [0.05, 0.1) is 5.60 Å². The quantitative estimate of drug-likeness (QED) is 0.820. The SMILES string of the molecule is CC1(C)CN(C(=O)CCC2CC2)CC[C@]1(C)O. The summed E-state index contributed by atoms with van der Waals surface area (Å²) in [5.41, 5.74) is -0.860. The molecule has 0 radical (unpaired) electrons. The van der Waals surface area contributed by atoms with Gasteiger partial charge in [0.2, 0.25) is 5.91 Å². The predicted octanol–water partition coefficient (Wildman–Crippen LogP) is 2.19. The number of piperidine rings is 1. The molecule has 3 nitrogen and oxygen atoms in total. The van der Waals surface area contributed by atoms with Gasteiger partial charge in [0.15, 0.2) is 0 Å². The van der Waals surface area contributed by atoms with E-state index in [1.807, 2.05) is 25.7 Å². The summed E-state index contributed by atoms with van der Waals surface area (Å²) in [6.07, 6.45) is 5.07. The summed E-state index contributed by atoms with van der Waals surface area (Å²) >= 11 is 0. The van der Waals surface area contributed by atoms with Crippen LogP contribution in [0.5, 0.6) is 0 Å². The number of aliphatic hydroxyl groups is 1. The number of carbonyl (C=O) groups is 1. The van der Waals surface area contributed by atoms with Gasteiger partial charge in [-0.1, -0.05) is 26.7 Å². The fraction of sp³-hybridized carbons (Fsp3) is 0.929. The Morgan fingerprint density at radius 1 is 1.35 bits per heavy atom. The highest BCUT2D eigenvalue weighted by molar-refractivity contribution is 5.76. The number of amides is 1. The molecule has 0 aromatic rings. The first kappa shape index (κ1) is 12.9. The Kier molecular flexibility index (Phi) is 3.23. The Labute approximate surface area is 104 Å². The lowest BCUT2D eigenvalue weighted by molar-refractivity contribution is -0.147. The summed E-state index contributed by atoms with van der Waals surface area (Å²) < 4.78 is 0. The standard InChI is InChI=1S/C14H25NO2/c1-13(2)10-15(9-8-14(13,3)17)12(16)7-6-11-4-5-11/h11,17H,4-10H2,1-3H3/t14-/m0/s1. The highest BCUT2D eigenvalue weighted by Crippen LogP contribution is 2.39. The Morgan fingerprint density at radius 2 is 2.00 bits per heavy atom. The molecule has 0 spiro atoms. The van der Waals surface area contributed by atoms with Gasteiger partial charge in [-0.05, 0) is 25.7 Å². The first-order valence-corrected chi connectivity index (χ1v) is 6.82. The lowest BCUT2D eigenvalue weighted by atomic mass is 9.71. The summed E-state index contributed by atoms with van der Waals surface area (Å²) in [6, 6.07) is 0. The molecule has 2 fully saturated rings. The molecular weight excluding hydrogens is 214 g/mol. The van der Waals surface area contributed by atoms with E-state index in [0.717, 1.165) is 12.3 Å². The van der Waals surface area contributed by atoms with E-state index in [0.29, 0.717) is 25.9 Å². The van der Waals surface area contributed by atoms with Crippen molar-refractivity contribution in [3.63, 3.8) is 0 Å². The van der Waals surface area contributed by atoms with Crippen molar-refractivity contribution in [3.8, 4) is 0 Å². The minimum atomic E-state index is -0.653. The van der Waals surface area contributed by atoms with Gasteiger partial charge in [-0.2, -0.15) is 0 Å². The maximum Gasteiger partial charge on any atom is 0.222 e. The zero-order valence-corrected chi connectivity index (χ0v) is 11.3. The summed E-state index contributed by atoms with van der Waals surface area (Å²) in [6.45, 7) is 7.38. The van der Waals surface area contributed by atoms with Crippen LogP contribution in [0.3, 0.4) is 0 Å². The molecule has 1 heterocycles. The molecule has 1 N–H and O–H groups in total. The summed E-state index contributed by atoms with van der Waals surface area (Å²) in [5, 5.41) is 10.3. The largest absolute Gasteiger partial charge is 0.389 e. The van der Waals surface area contributed by atoms with Gasteiger partial charge in [0.25, 0.3) is 0 Å². The van der Waals surface area contributed by atoms with Crippen molar-refractivity contribution in [2.45, 2.75) is 58.5 Å². The number of rotatable bonds is 3. The second-order valence-corrected chi connectivity index (χ2v) is 6.71. The number of nitrogens with zero attached hydrogens (tertiary/aromatic N) is 1. The Morgan fingerprint density at radius 3 is 2.53 bits per heavy atom. The van der Waals surface area contributed by atoms with Gasteiger partial charge in [0.1, 0.15) is 0 Å². The Balaban J connectivity index is 1.88. The van der Waals surface area contributed by atoms with E-state index in [-0.39, 0.29) is 11.3 Å². The van der Waals surface area contributed by atoms with Crippen molar-refractivity contribution in [2.24, 2.45) is 11.3 Å². The lowest BCUT2D eigenvalue weighted by Gasteiger charge is -2.48. The predicted molar refractivity (Wildman–Crippen MR) is 67.6 cm³/mol. The first-order valence-electron chi connectivity index (χ1n) is 6.82. The Bertz CT molecular complexity index is 305. The fourth-order valence-electron chi connectivity index (χ4n) is 2.52. The third kappa shape index (κ3) is 2.82. The van der Waals surface area contributed by atoms with Crippen molar-refractivity contribution >= 4 is 5.91 Å². The van der Waals surface area contributed by atoms with Gasteiger partial charge >= 0.3 is 0 Å². The van der Waals surface area contributed by atoms with E-state index in [9.17, 15) is 9.90 Å². The zero-order chi connectivity index (χ0) is 12.7. The maximum absolute atomic E-state index is 12.1. The second-order valence-electron chi connectivity index (χ2n) is 6.71. The molecule has 1 aliphatic heterocycles. The molecule has 1 atom stereocenters. The van der Waals surface area contributed by atoms with Crippen molar-refractivity contribution in [1.29, 1.82) is 0 Å². The van der Waals surface area contributed by atoms with Crippen LogP contribution in [0.4, 0.5) is 0 Å². The summed E-state index contributed by atoms with van der Waals surface area (Å²) in [4.78, 5) is 14.0. The average Bonchev–Trinajstić information content (AvgIpc) is 3.02. The van der Waals surface area contributed by atoms with E-state index in [2.05, 4.69) is 0 Å². The van der Waals surface area contributed by atoms with Gasteiger partial charge in [-0.25, -0.2) is 0 Å². The zero-order valence-electron chi connectivity index (χ0n) is 11.3. The lowest BCUT2D eigenvalue weighted by Crippen LogP contribution is -2.56. The number of carbonyl (C=O) groups excluding carboxylic acids is 1. The highest BCUT2D eigenvalue weighted by Gasteiger charge is 2.45. The molecule has 98 valence electrons. The molecule has 1 aliphatic carbocycles. The van der Waals surface area contributed by atoms with Crippen molar-refractivity contribution < 1.29 is 9.90 Å². The molecule has 3 heteroatoms. The van der Waals surface area contributed by atoms with Crippen LogP contribution in [0.2, 0.25) is 0 Å². The molecule has 2 aliphatic rings. The molecule has 0 aromatic carbocycles. The van der Waals surface area contributed by atoms with E-state index < -0.39 is 5.60 Å². The molecule has 2 rings (SSSR count). The van der Waals surface area contributed by atoms with Crippen LogP contribution in [0.15, 0.2) is 0 Å². The van der Waals surface area contributed by atoms with Crippen molar-refractivity contribution in [3.05, 3.63) is 0 Å². The first-order chi connectivity index (χ1) is 7.82. The van der Waals surface area contributed by atoms with Gasteiger partial charge in [-0.3, -0.25) is 4.79 Å². The van der Waals surface area contributed by atoms with Crippen molar-refractivity contribution in [2.75, 3.05) is 13.1 Å². The van der Waals surface area contributed by atoms with Crippen LogP contribution in [0.1, 0.15) is 52.9 Å². The molecule has 1 saturated heterocycles. The minimum Gasteiger partial charge on any atom is -0.389 e. The summed E-state index contributed by atoms with van der Waals surface area (Å²) in [5.74, 6) is 1.10. The smallest absolute Gasteiger partial charge is 0.222 e. The van der Waals surface area contributed by atoms with E-state index in [4.69, 9.17) is 0 Å². The van der Waals surface area contributed by atoms with Gasteiger partial charge in [-0.15, -0.1) is 0 Å². The van der Waals surface area contributed by atoms with Gasteiger partial charge < -0.3 is 10.0 Å². The normalized spacial score (nSPS) is 32.6. The second kappa shape index (κ2) is 4.27. The minimum absolute atomic E-state index is 0.208. The topological polar surface area (TPSA) is 40.5 Å². The van der Waals surface area contributed by atoms with E-state index in [1.165, 1.54) is 12.8 Å². The molecule has 1 amide bonds. The van der Waals surface area contributed by atoms with Crippen molar-refractivity contribution in [1.82, 2.24) is 4.90 Å². The van der Waals surface area contributed by atoms with Crippen LogP contribution in [0.25, 0.3) is 0 Å². The Hall–Kier alpha value is -0.570. The third-order valence-electron chi connectivity index (χ3n) is 4.73. The number of hydrogen-bond acceptors (Lipinski definition) is 2. The van der Waals surface area contributed by atoms with Crippen LogP contribution >= 0.6 is 0 Å².